The van der Waals surface area contributed by atoms with E-state index in [2.05, 4.69) is 31.9 Å². The highest BCUT2D eigenvalue weighted by Crippen LogP contribution is 2.22. The van der Waals surface area contributed by atoms with E-state index in [0.29, 0.717) is 21.7 Å². The van der Waals surface area contributed by atoms with Crippen LogP contribution in [0.1, 0.15) is 32.5 Å². The minimum Gasteiger partial charge on any atom is -0.355 e. The van der Waals surface area contributed by atoms with Gasteiger partial charge in [-0.1, -0.05) is 6.07 Å². The Labute approximate surface area is 158 Å². The zero-order valence-corrected chi connectivity index (χ0v) is 16.4. The molecular formula is C17H18BrN3O3S. The van der Waals surface area contributed by atoms with Gasteiger partial charge in [0, 0.05) is 18.3 Å². The lowest BCUT2D eigenvalue weighted by molar-refractivity contribution is -0.117. The summed E-state index contributed by atoms with van der Waals surface area (Å²) in [5, 5.41) is 7.97. The third-order valence-corrected chi connectivity index (χ3v) is 5.22. The number of carbonyl (C=O) groups is 3. The van der Waals surface area contributed by atoms with Crippen LogP contribution in [0.25, 0.3) is 0 Å². The fourth-order valence-electron chi connectivity index (χ4n) is 2.16. The SMILES string of the molecule is CNC(=O)c1cccc(NC(=O)C(C)NC(=O)c2ccc(Br)s2)c1C. The van der Waals surface area contributed by atoms with E-state index < -0.39 is 6.04 Å². The van der Waals surface area contributed by atoms with Crippen LogP contribution in [0.4, 0.5) is 5.69 Å². The third-order valence-electron chi connectivity index (χ3n) is 3.60. The molecule has 3 amide bonds. The standard InChI is InChI=1S/C17H18BrN3O3S/c1-9-11(16(23)19-3)5-4-6-12(9)21-15(22)10(2)20-17(24)13-7-8-14(18)25-13/h4-8,10H,1-3H3,(H,19,23)(H,20,24)(H,21,22). The van der Waals surface area contributed by atoms with Crippen LogP contribution in [0.3, 0.4) is 0 Å². The van der Waals surface area contributed by atoms with E-state index >= 15 is 0 Å². The Morgan fingerprint density at radius 2 is 1.84 bits per heavy atom. The molecule has 1 aromatic carbocycles. The van der Waals surface area contributed by atoms with Crippen molar-refractivity contribution in [3.8, 4) is 0 Å². The highest BCUT2D eigenvalue weighted by atomic mass is 79.9. The maximum absolute atomic E-state index is 12.4. The molecule has 25 heavy (non-hydrogen) atoms. The van der Waals surface area contributed by atoms with Crippen LogP contribution < -0.4 is 16.0 Å². The highest BCUT2D eigenvalue weighted by molar-refractivity contribution is 9.11. The zero-order chi connectivity index (χ0) is 18.6. The number of amides is 3. The molecule has 132 valence electrons. The number of thiophene rings is 1. The Kier molecular flexibility index (Phi) is 6.33. The van der Waals surface area contributed by atoms with Gasteiger partial charge in [-0.2, -0.15) is 0 Å². The predicted molar refractivity (Wildman–Crippen MR) is 102 cm³/mol. The van der Waals surface area contributed by atoms with E-state index in [4.69, 9.17) is 0 Å². The summed E-state index contributed by atoms with van der Waals surface area (Å²) < 4.78 is 0.844. The first-order valence-corrected chi connectivity index (χ1v) is 9.13. The largest absolute Gasteiger partial charge is 0.355 e. The van der Waals surface area contributed by atoms with E-state index in [1.54, 1.807) is 51.2 Å². The average Bonchev–Trinajstić information content (AvgIpc) is 3.02. The number of halogens is 1. The molecule has 1 atom stereocenters. The van der Waals surface area contributed by atoms with Crippen molar-refractivity contribution < 1.29 is 14.4 Å². The fraction of sp³-hybridized carbons (Fsp3) is 0.235. The second-order valence-electron chi connectivity index (χ2n) is 5.35. The van der Waals surface area contributed by atoms with Crippen molar-refractivity contribution in [1.29, 1.82) is 0 Å². The Balaban J connectivity index is 2.06. The van der Waals surface area contributed by atoms with E-state index in [0.717, 1.165) is 3.79 Å². The number of rotatable bonds is 5. The summed E-state index contributed by atoms with van der Waals surface area (Å²) in [4.78, 5) is 36.8. The molecule has 0 aliphatic carbocycles. The summed E-state index contributed by atoms with van der Waals surface area (Å²) in [6, 6.07) is 7.83. The van der Waals surface area contributed by atoms with Gasteiger partial charge in [0.05, 0.1) is 8.66 Å². The predicted octanol–water partition coefficient (Wildman–Crippen LogP) is 2.94. The molecule has 0 radical (unpaired) electrons. The van der Waals surface area contributed by atoms with Crippen LogP contribution in [0.15, 0.2) is 34.1 Å². The van der Waals surface area contributed by atoms with Crippen LogP contribution in [0, 0.1) is 6.92 Å². The Bertz CT molecular complexity index is 819. The van der Waals surface area contributed by atoms with E-state index in [9.17, 15) is 14.4 Å². The smallest absolute Gasteiger partial charge is 0.262 e. The molecule has 6 nitrogen and oxygen atoms in total. The van der Waals surface area contributed by atoms with Gasteiger partial charge >= 0.3 is 0 Å². The molecule has 8 heteroatoms. The number of carbonyl (C=O) groups excluding carboxylic acids is 3. The number of benzene rings is 1. The number of hydrogen-bond acceptors (Lipinski definition) is 4. The van der Waals surface area contributed by atoms with Crippen molar-refractivity contribution in [1.82, 2.24) is 10.6 Å². The zero-order valence-electron chi connectivity index (χ0n) is 14.0. The van der Waals surface area contributed by atoms with Crippen LogP contribution in [-0.2, 0) is 4.79 Å². The minimum absolute atomic E-state index is 0.224. The molecule has 2 aromatic rings. The van der Waals surface area contributed by atoms with Gasteiger partial charge in [0.2, 0.25) is 5.91 Å². The molecule has 0 spiro atoms. The topological polar surface area (TPSA) is 87.3 Å². The number of hydrogen-bond donors (Lipinski definition) is 3. The van der Waals surface area contributed by atoms with Crippen molar-refractivity contribution in [3.63, 3.8) is 0 Å². The summed E-state index contributed by atoms with van der Waals surface area (Å²) in [5.74, 6) is -0.895. The number of nitrogens with one attached hydrogen (secondary N) is 3. The van der Waals surface area contributed by atoms with E-state index in [-0.39, 0.29) is 17.7 Å². The molecule has 0 saturated heterocycles. The summed E-state index contributed by atoms with van der Waals surface area (Å²) in [5.41, 5.74) is 1.68. The second-order valence-corrected chi connectivity index (χ2v) is 7.81. The van der Waals surface area contributed by atoms with Gasteiger partial charge in [0.25, 0.3) is 11.8 Å². The Morgan fingerprint density at radius 3 is 2.44 bits per heavy atom. The molecule has 1 aromatic heterocycles. The van der Waals surface area contributed by atoms with Gasteiger partial charge in [-0.25, -0.2) is 0 Å². The summed E-state index contributed by atoms with van der Waals surface area (Å²) in [6.07, 6.45) is 0. The lowest BCUT2D eigenvalue weighted by Crippen LogP contribution is -2.41. The van der Waals surface area contributed by atoms with Crippen molar-refractivity contribution in [2.75, 3.05) is 12.4 Å². The summed E-state index contributed by atoms with van der Waals surface area (Å²) in [6.45, 7) is 3.36. The number of anilines is 1. The van der Waals surface area contributed by atoms with Crippen molar-refractivity contribution in [2.24, 2.45) is 0 Å². The first kappa shape index (κ1) is 19.1. The minimum atomic E-state index is -0.726. The van der Waals surface area contributed by atoms with E-state index in [1.165, 1.54) is 11.3 Å². The Hall–Kier alpha value is -2.19. The highest BCUT2D eigenvalue weighted by Gasteiger charge is 2.19. The average molecular weight is 424 g/mol. The first-order chi connectivity index (χ1) is 11.8. The van der Waals surface area contributed by atoms with Crippen molar-refractivity contribution in [3.05, 3.63) is 50.1 Å². The lowest BCUT2D eigenvalue weighted by Gasteiger charge is -2.16. The maximum atomic E-state index is 12.4. The molecule has 0 fully saturated rings. The van der Waals surface area contributed by atoms with Crippen molar-refractivity contribution in [2.45, 2.75) is 19.9 Å². The summed E-state index contributed by atoms with van der Waals surface area (Å²) in [7, 11) is 1.55. The van der Waals surface area contributed by atoms with Crippen molar-refractivity contribution >= 4 is 50.7 Å². The monoisotopic (exact) mass is 423 g/mol. The van der Waals surface area contributed by atoms with Gasteiger partial charge in [0.1, 0.15) is 6.04 Å². The lowest BCUT2D eigenvalue weighted by atomic mass is 10.1. The quantitative estimate of drug-likeness (QED) is 0.690. The third kappa shape index (κ3) is 4.67. The molecule has 1 unspecified atom stereocenters. The molecule has 0 aliphatic rings. The maximum Gasteiger partial charge on any atom is 0.262 e. The van der Waals surface area contributed by atoms with Crippen LogP contribution in [0.5, 0.6) is 0 Å². The van der Waals surface area contributed by atoms with Gasteiger partial charge in [-0.05, 0) is 59.6 Å². The molecule has 0 bridgehead atoms. The molecule has 1 heterocycles. The molecule has 2 rings (SSSR count). The van der Waals surface area contributed by atoms with Crippen LogP contribution >= 0.6 is 27.3 Å². The second kappa shape index (κ2) is 8.26. The van der Waals surface area contributed by atoms with E-state index in [1.807, 2.05) is 0 Å². The Morgan fingerprint density at radius 1 is 1.12 bits per heavy atom. The van der Waals surface area contributed by atoms with Crippen LogP contribution in [0.2, 0.25) is 0 Å². The first-order valence-electron chi connectivity index (χ1n) is 7.52. The molecular weight excluding hydrogens is 406 g/mol. The molecule has 3 N–H and O–H groups in total. The molecule has 0 saturated carbocycles. The molecule has 0 aliphatic heterocycles. The van der Waals surface area contributed by atoms with Gasteiger partial charge in [0.15, 0.2) is 0 Å². The van der Waals surface area contributed by atoms with Gasteiger partial charge in [-0.3, -0.25) is 14.4 Å². The van der Waals surface area contributed by atoms with Crippen LogP contribution in [-0.4, -0.2) is 30.8 Å². The van der Waals surface area contributed by atoms with Gasteiger partial charge < -0.3 is 16.0 Å². The summed E-state index contributed by atoms with van der Waals surface area (Å²) >= 11 is 4.59. The normalized spacial score (nSPS) is 11.5. The fourth-order valence-corrected chi connectivity index (χ4v) is 3.45. The van der Waals surface area contributed by atoms with Gasteiger partial charge in [-0.15, -0.1) is 11.3 Å².